The fraction of sp³-hybridized carbons (Fsp3) is 0.357. The summed E-state index contributed by atoms with van der Waals surface area (Å²) >= 11 is 0. The summed E-state index contributed by atoms with van der Waals surface area (Å²) in [6.07, 6.45) is 0.437. The number of amides is 2. The van der Waals surface area contributed by atoms with Crippen molar-refractivity contribution in [3.63, 3.8) is 0 Å². The van der Waals surface area contributed by atoms with Crippen molar-refractivity contribution in [2.45, 2.75) is 32.7 Å². The van der Waals surface area contributed by atoms with Crippen LogP contribution in [0.4, 0.5) is 5.69 Å². The van der Waals surface area contributed by atoms with Gasteiger partial charge in [0.15, 0.2) is 0 Å². The molecular weight excluding hydrogens is 260 g/mol. The van der Waals surface area contributed by atoms with E-state index in [1.807, 2.05) is 0 Å². The number of carboxylic acid groups (broad SMARTS) is 1. The topological polar surface area (TPSA) is 95.5 Å². The van der Waals surface area contributed by atoms with E-state index in [-0.39, 0.29) is 18.2 Å². The number of carbonyl (C=O) groups is 3. The van der Waals surface area contributed by atoms with Crippen LogP contribution in [-0.2, 0) is 20.8 Å². The van der Waals surface area contributed by atoms with Gasteiger partial charge in [-0.3, -0.25) is 9.59 Å². The van der Waals surface area contributed by atoms with E-state index >= 15 is 0 Å². The van der Waals surface area contributed by atoms with Crippen LogP contribution in [-0.4, -0.2) is 28.9 Å². The molecule has 0 saturated carbocycles. The van der Waals surface area contributed by atoms with Gasteiger partial charge in [0.25, 0.3) is 0 Å². The zero-order chi connectivity index (χ0) is 15.1. The van der Waals surface area contributed by atoms with Crippen molar-refractivity contribution in [1.29, 1.82) is 0 Å². The number of nitrogens with one attached hydrogen (secondary N) is 2. The molecule has 0 saturated heterocycles. The average Bonchev–Trinajstić information content (AvgIpc) is 2.37. The molecule has 0 fully saturated rings. The lowest BCUT2D eigenvalue weighted by atomic mass is 10.1. The molecule has 0 unspecified atom stereocenters. The van der Waals surface area contributed by atoms with Gasteiger partial charge >= 0.3 is 5.97 Å². The largest absolute Gasteiger partial charge is 0.480 e. The van der Waals surface area contributed by atoms with Crippen molar-refractivity contribution >= 4 is 23.5 Å². The van der Waals surface area contributed by atoms with Crippen LogP contribution in [0.25, 0.3) is 0 Å². The maximum absolute atomic E-state index is 11.7. The smallest absolute Gasteiger partial charge is 0.326 e. The van der Waals surface area contributed by atoms with Crippen molar-refractivity contribution in [1.82, 2.24) is 5.32 Å². The maximum atomic E-state index is 11.7. The second-order valence-electron chi connectivity index (χ2n) is 4.42. The first-order valence-corrected chi connectivity index (χ1v) is 6.31. The minimum Gasteiger partial charge on any atom is -0.480 e. The molecule has 0 aromatic heterocycles. The van der Waals surface area contributed by atoms with Crippen LogP contribution in [0.5, 0.6) is 0 Å². The normalized spacial score (nSPS) is 11.5. The first-order chi connectivity index (χ1) is 9.42. The summed E-state index contributed by atoms with van der Waals surface area (Å²) in [6.45, 7) is 3.11. The summed E-state index contributed by atoms with van der Waals surface area (Å²) in [5.74, 6) is -1.55. The van der Waals surface area contributed by atoms with Crippen LogP contribution >= 0.6 is 0 Å². The van der Waals surface area contributed by atoms with Crippen LogP contribution in [0.15, 0.2) is 24.3 Å². The molecule has 0 radical (unpaired) electrons. The van der Waals surface area contributed by atoms with Gasteiger partial charge in [-0.2, -0.15) is 0 Å². The zero-order valence-electron chi connectivity index (χ0n) is 11.5. The van der Waals surface area contributed by atoms with E-state index in [4.69, 9.17) is 5.11 Å². The van der Waals surface area contributed by atoms with Crippen LogP contribution in [0, 0.1) is 0 Å². The number of benzene rings is 1. The van der Waals surface area contributed by atoms with Crippen molar-refractivity contribution in [3.05, 3.63) is 29.8 Å². The summed E-state index contributed by atoms with van der Waals surface area (Å²) in [6, 6.07) is 5.96. The summed E-state index contributed by atoms with van der Waals surface area (Å²) in [4.78, 5) is 33.4. The highest BCUT2D eigenvalue weighted by Gasteiger charge is 2.17. The molecule has 0 aliphatic carbocycles. The number of hydrogen-bond donors (Lipinski definition) is 3. The number of aliphatic carboxylic acids is 1. The van der Waals surface area contributed by atoms with Gasteiger partial charge in [-0.25, -0.2) is 4.79 Å². The fourth-order valence-corrected chi connectivity index (χ4v) is 1.68. The highest BCUT2D eigenvalue weighted by atomic mass is 16.4. The van der Waals surface area contributed by atoms with Crippen LogP contribution in [0.3, 0.4) is 0 Å². The van der Waals surface area contributed by atoms with Crippen molar-refractivity contribution in [3.8, 4) is 0 Å². The summed E-state index contributed by atoms with van der Waals surface area (Å²) < 4.78 is 0. The minimum atomic E-state index is -1.04. The molecule has 6 heteroatoms. The SMILES string of the molecule is CC[C@H](NC(=O)Cc1ccc(NC(C)=O)cc1)C(=O)O. The van der Waals surface area contributed by atoms with Crippen LogP contribution < -0.4 is 10.6 Å². The lowest BCUT2D eigenvalue weighted by Crippen LogP contribution is -2.40. The summed E-state index contributed by atoms with van der Waals surface area (Å²) in [5.41, 5.74) is 1.40. The fourth-order valence-electron chi connectivity index (χ4n) is 1.68. The highest BCUT2D eigenvalue weighted by molar-refractivity contribution is 5.89. The molecule has 1 atom stereocenters. The number of hydrogen-bond acceptors (Lipinski definition) is 3. The van der Waals surface area contributed by atoms with Crippen molar-refractivity contribution in [2.75, 3.05) is 5.32 Å². The molecule has 3 N–H and O–H groups in total. The number of rotatable bonds is 6. The lowest BCUT2D eigenvalue weighted by Gasteiger charge is -2.12. The molecular formula is C14H18N2O4. The van der Waals surface area contributed by atoms with Gasteiger partial charge in [-0.15, -0.1) is 0 Å². The third kappa shape index (κ3) is 5.09. The molecule has 1 aromatic carbocycles. The summed E-state index contributed by atoms with van der Waals surface area (Å²) in [5, 5.41) is 13.9. The Hall–Kier alpha value is -2.37. The van der Waals surface area contributed by atoms with Gasteiger partial charge in [-0.05, 0) is 24.1 Å². The third-order valence-electron chi connectivity index (χ3n) is 2.68. The van der Waals surface area contributed by atoms with E-state index in [2.05, 4.69) is 10.6 Å². The lowest BCUT2D eigenvalue weighted by molar-refractivity contribution is -0.141. The van der Waals surface area contributed by atoms with Gasteiger partial charge in [-0.1, -0.05) is 19.1 Å². The summed E-state index contributed by atoms with van der Waals surface area (Å²) in [7, 11) is 0. The van der Waals surface area contributed by atoms with E-state index in [1.165, 1.54) is 6.92 Å². The molecule has 20 heavy (non-hydrogen) atoms. The standard InChI is InChI=1S/C14H18N2O4/c1-3-12(14(19)20)16-13(18)8-10-4-6-11(7-5-10)15-9(2)17/h4-7,12H,3,8H2,1-2H3,(H,15,17)(H,16,18)(H,19,20)/t12-/m0/s1. The number of anilines is 1. The Morgan fingerprint density at radius 3 is 2.25 bits per heavy atom. The van der Waals surface area contributed by atoms with Gasteiger partial charge in [0.1, 0.15) is 6.04 Å². The van der Waals surface area contributed by atoms with Gasteiger partial charge in [0, 0.05) is 12.6 Å². The average molecular weight is 278 g/mol. The van der Waals surface area contributed by atoms with Crippen LogP contribution in [0.1, 0.15) is 25.8 Å². The maximum Gasteiger partial charge on any atom is 0.326 e. The molecule has 108 valence electrons. The number of carbonyl (C=O) groups excluding carboxylic acids is 2. The Bertz CT molecular complexity index is 496. The van der Waals surface area contributed by atoms with Gasteiger partial charge < -0.3 is 15.7 Å². The molecule has 1 aromatic rings. The Kier molecular flexibility index (Phi) is 5.71. The predicted molar refractivity (Wildman–Crippen MR) is 74.3 cm³/mol. The first-order valence-electron chi connectivity index (χ1n) is 6.31. The van der Waals surface area contributed by atoms with Gasteiger partial charge in [0.05, 0.1) is 6.42 Å². The molecule has 0 heterocycles. The Morgan fingerprint density at radius 1 is 1.20 bits per heavy atom. The number of carboxylic acids is 1. The molecule has 0 spiro atoms. The van der Waals surface area contributed by atoms with E-state index in [1.54, 1.807) is 31.2 Å². The minimum absolute atomic E-state index is 0.101. The quantitative estimate of drug-likeness (QED) is 0.727. The van der Waals surface area contributed by atoms with Crippen molar-refractivity contribution < 1.29 is 19.5 Å². The monoisotopic (exact) mass is 278 g/mol. The Morgan fingerprint density at radius 2 is 1.80 bits per heavy atom. The molecule has 0 aliphatic rings. The first kappa shape index (κ1) is 15.7. The zero-order valence-corrected chi connectivity index (χ0v) is 11.5. The van der Waals surface area contributed by atoms with E-state index in [0.29, 0.717) is 12.1 Å². The molecule has 1 rings (SSSR count). The third-order valence-corrected chi connectivity index (χ3v) is 2.68. The highest BCUT2D eigenvalue weighted by Crippen LogP contribution is 2.10. The van der Waals surface area contributed by atoms with E-state index in [9.17, 15) is 14.4 Å². The predicted octanol–water partition coefficient (Wildman–Crippen LogP) is 1.17. The van der Waals surface area contributed by atoms with Crippen LogP contribution in [0.2, 0.25) is 0 Å². The second kappa shape index (κ2) is 7.28. The Balaban J connectivity index is 2.58. The van der Waals surface area contributed by atoms with E-state index in [0.717, 1.165) is 5.56 Å². The Labute approximate surface area is 117 Å². The molecule has 2 amide bonds. The molecule has 0 aliphatic heterocycles. The van der Waals surface area contributed by atoms with Crippen molar-refractivity contribution in [2.24, 2.45) is 0 Å². The second-order valence-corrected chi connectivity index (χ2v) is 4.42. The van der Waals surface area contributed by atoms with Gasteiger partial charge in [0.2, 0.25) is 11.8 Å². The molecule has 0 bridgehead atoms. The molecule has 6 nitrogen and oxygen atoms in total. The van der Waals surface area contributed by atoms with E-state index < -0.39 is 12.0 Å².